The van der Waals surface area contributed by atoms with Crippen LogP contribution in [0.5, 0.6) is 5.95 Å². The molecule has 2 aliphatic carbocycles. The van der Waals surface area contributed by atoms with Crippen molar-refractivity contribution >= 4 is 8.32 Å². The molecule has 0 aliphatic heterocycles. The molecule has 39 heavy (non-hydrogen) atoms. The van der Waals surface area contributed by atoms with Gasteiger partial charge in [0.2, 0.25) is 0 Å². The molecule has 4 nitrogen and oxygen atoms in total. The molecule has 0 N–H and O–H groups in total. The first-order valence-electron chi connectivity index (χ1n) is 15.0. The average Bonchev–Trinajstić information content (AvgIpc) is 2.82. The normalized spacial score (nSPS) is 29.6. The quantitative estimate of drug-likeness (QED) is 0.236. The summed E-state index contributed by atoms with van der Waals surface area (Å²) in [5.74, 6) is 1.68. The number of aryl methyl sites for hydroxylation is 1. The first-order valence-corrected chi connectivity index (χ1v) is 18.0. The highest BCUT2D eigenvalue weighted by atomic mass is 28.4. The Labute approximate surface area is 239 Å². The number of hydrogen-bond donors (Lipinski definition) is 0. The van der Waals surface area contributed by atoms with Crippen LogP contribution in [-0.4, -0.2) is 21.5 Å². The van der Waals surface area contributed by atoms with Crippen LogP contribution in [0.3, 0.4) is 0 Å². The van der Waals surface area contributed by atoms with Gasteiger partial charge >= 0.3 is 0 Å². The topological polar surface area (TPSA) is 48.7 Å². The summed E-state index contributed by atoms with van der Waals surface area (Å²) in [7, 11) is -0.352. The van der Waals surface area contributed by atoms with Gasteiger partial charge in [-0.2, -0.15) is 0 Å². The lowest BCUT2D eigenvalue weighted by molar-refractivity contribution is -0.130. The first-order chi connectivity index (χ1) is 17.9. The lowest BCUT2D eigenvalue weighted by Gasteiger charge is -2.62. The molecule has 220 valence electrons. The van der Waals surface area contributed by atoms with Crippen molar-refractivity contribution in [3.8, 4) is 5.95 Å². The van der Waals surface area contributed by atoms with Crippen LogP contribution in [0.15, 0.2) is 33.0 Å². The molecule has 2 fully saturated rings. The minimum absolute atomic E-state index is 0.0264. The third-order valence-corrected chi connectivity index (χ3v) is 15.5. The van der Waals surface area contributed by atoms with E-state index >= 15 is 0 Å². The van der Waals surface area contributed by atoms with Crippen LogP contribution in [-0.2, 0) is 10.8 Å². The summed E-state index contributed by atoms with van der Waals surface area (Å²) in [5, 5.41) is 0.172. The molecule has 5 heteroatoms. The van der Waals surface area contributed by atoms with Crippen molar-refractivity contribution < 1.29 is 13.6 Å². The molecule has 1 aromatic heterocycles. The summed E-state index contributed by atoms with van der Waals surface area (Å²) in [6.45, 7) is 29.5. The highest BCUT2D eigenvalue weighted by Crippen LogP contribution is 2.64. The third-order valence-electron chi connectivity index (χ3n) is 11.0. The second-order valence-corrected chi connectivity index (χ2v) is 19.6. The van der Waals surface area contributed by atoms with Gasteiger partial charge in [0.1, 0.15) is 5.76 Å². The number of fused-ring (bicyclic) bond motifs is 1. The van der Waals surface area contributed by atoms with Crippen LogP contribution < -0.4 is 10.2 Å². The van der Waals surface area contributed by atoms with Gasteiger partial charge < -0.3 is 13.6 Å². The van der Waals surface area contributed by atoms with E-state index in [0.717, 1.165) is 38.5 Å². The molecule has 1 heterocycles. The number of ether oxygens (including phenoxy) is 1. The van der Waals surface area contributed by atoms with E-state index in [9.17, 15) is 4.79 Å². The molecule has 5 atom stereocenters. The molecule has 2 aliphatic rings. The van der Waals surface area contributed by atoms with Crippen molar-refractivity contribution in [2.45, 2.75) is 131 Å². The zero-order valence-electron chi connectivity index (χ0n) is 27.1. The van der Waals surface area contributed by atoms with E-state index in [2.05, 4.69) is 74.2 Å². The van der Waals surface area contributed by atoms with E-state index in [0.29, 0.717) is 35.2 Å². The van der Waals surface area contributed by atoms with E-state index in [1.807, 2.05) is 13.8 Å². The van der Waals surface area contributed by atoms with Crippen LogP contribution in [0.4, 0.5) is 0 Å². The minimum Gasteiger partial charge on any atom is -0.468 e. The predicted octanol–water partition coefficient (Wildman–Crippen LogP) is 9.33. The Bertz CT molecular complexity index is 1150. The lowest BCUT2D eigenvalue weighted by Crippen LogP contribution is -2.59. The standard InChI is InChI=1S/C34H56O4Si/c1-22(2)15-14-19-34(10)28-17-16-23(3)27(21-26-30(35)24(4)25(5)37-31(26)36-11)33(28,9)20-18-29(34)38-39(12,13)32(6,7)8/h15,27-29H,3,14,16-21H2,1-2,4-13H3/t27-,28+,29-,33+,34-/m0/s1. The first kappa shape index (κ1) is 31.9. The van der Waals surface area contributed by atoms with Crippen LogP contribution in [0.1, 0.15) is 104 Å². The van der Waals surface area contributed by atoms with Crippen molar-refractivity contribution in [2.75, 3.05) is 7.11 Å². The molecule has 0 saturated heterocycles. The Kier molecular flexibility index (Phi) is 9.29. The summed E-state index contributed by atoms with van der Waals surface area (Å²) in [5.41, 5.74) is 4.11. The Morgan fingerprint density at radius 3 is 2.38 bits per heavy atom. The number of rotatable bonds is 8. The Morgan fingerprint density at radius 2 is 1.82 bits per heavy atom. The van der Waals surface area contributed by atoms with Crippen molar-refractivity contribution in [3.63, 3.8) is 0 Å². The van der Waals surface area contributed by atoms with Gasteiger partial charge in [-0.25, -0.2) is 0 Å². The van der Waals surface area contributed by atoms with Crippen molar-refractivity contribution in [1.29, 1.82) is 0 Å². The maximum absolute atomic E-state index is 13.5. The summed E-state index contributed by atoms with van der Waals surface area (Å²) in [4.78, 5) is 13.5. The molecule has 2 saturated carbocycles. The maximum Gasteiger partial charge on any atom is 0.291 e. The third kappa shape index (κ3) is 6.05. The molecule has 0 radical (unpaired) electrons. The maximum atomic E-state index is 13.5. The van der Waals surface area contributed by atoms with E-state index in [1.54, 1.807) is 7.11 Å². The highest BCUT2D eigenvalue weighted by molar-refractivity contribution is 6.74. The van der Waals surface area contributed by atoms with Gasteiger partial charge in [0.15, 0.2) is 13.7 Å². The summed E-state index contributed by atoms with van der Waals surface area (Å²) < 4.78 is 18.9. The largest absolute Gasteiger partial charge is 0.468 e. The van der Waals surface area contributed by atoms with Gasteiger partial charge in [-0.05, 0) is 113 Å². The Balaban J connectivity index is 2.07. The van der Waals surface area contributed by atoms with Gasteiger partial charge in [-0.1, -0.05) is 58.4 Å². The van der Waals surface area contributed by atoms with Crippen LogP contribution in [0, 0.1) is 36.5 Å². The summed E-state index contributed by atoms with van der Waals surface area (Å²) in [6.07, 6.45) is 9.71. The Hall–Kier alpha value is -1.59. The van der Waals surface area contributed by atoms with E-state index < -0.39 is 8.32 Å². The molecule has 3 rings (SSSR count). The number of allylic oxidation sites excluding steroid dienone is 3. The van der Waals surface area contributed by atoms with Crippen LogP contribution in [0.2, 0.25) is 18.1 Å². The zero-order chi connectivity index (χ0) is 29.6. The lowest BCUT2D eigenvalue weighted by atomic mass is 9.45. The minimum atomic E-state index is -1.95. The highest BCUT2D eigenvalue weighted by Gasteiger charge is 2.59. The second kappa shape index (κ2) is 11.4. The van der Waals surface area contributed by atoms with Crippen molar-refractivity contribution in [2.24, 2.45) is 22.7 Å². The van der Waals surface area contributed by atoms with E-state index in [4.69, 9.17) is 13.6 Å². The molecular weight excluding hydrogens is 500 g/mol. The monoisotopic (exact) mass is 556 g/mol. The van der Waals surface area contributed by atoms with Gasteiger partial charge in [0, 0.05) is 5.56 Å². The predicted molar refractivity (Wildman–Crippen MR) is 166 cm³/mol. The zero-order valence-corrected chi connectivity index (χ0v) is 28.1. The average molecular weight is 557 g/mol. The van der Waals surface area contributed by atoms with E-state index in [1.165, 1.54) is 11.1 Å². The second-order valence-electron chi connectivity index (χ2n) is 14.8. The van der Waals surface area contributed by atoms with Crippen LogP contribution in [0.25, 0.3) is 0 Å². The fourth-order valence-electron chi connectivity index (χ4n) is 7.38. The number of hydrogen-bond acceptors (Lipinski definition) is 4. The Morgan fingerprint density at radius 1 is 1.18 bits per heavy atom. The summed E-state index contributed by atoms with van der Waals surface area (Å²) >= 11 is 0. The van der Waals surface area contributed by atoms with Gasteiger partial charge in [0.05, 0.1) is 18.8 Å². The number of methoxy groups -OCH3 is 1. The smallest absolute Gasteiger partial charge is 0.291 e. The fourth-order valence-corrected chi connectivity index (χ4v) is 8.83. The van der Waals surface area contributed by atoms with Crippen LogP contribution >= 0.6 is 0 Å². The molecule has 1 aromatic rings. The van der Waals surface area contributed by atoms with Gasteiger partial charge in [-0.3, -0.25) is 4.79 Å². The molecule has 0 bridgehead atoms. The SMILES string of the molecule is C=C1CC[C@H]2[C@](C)(CCC=C(C)C)[C@@H](O[Si](C)(C)C(C)(C)C)CC[C@]2(C)[C@H]1Cc1c(OC)oc(C)c(C)c1=O. The molecule has 0 unspecified atom stereocenters. The van der Waals surface area contributed by atoms with Gasteiger partial charge in [0.25, 0.3) is 5.95 Å². The van der Waals surface area contributed by atoms with Gasteiger partial charge in [-0.15, -0.1) is 0 Å². The molecule has 0 aromatic carbocycles. The van der Waals surface area contributed by atoms with Crippen molar-refractivity contribution in [1.82, 2.24) is 0 Å². The summed E-state index contributed by atoms with van der Waals surface area (Å²) in [6, 6.07) is 0. The molecule has 0 amide bonds. The van der Waals surface area contributed by atoms with Crippen molar-refractivity contribution in [3.05, 3.63) is 50.9 Å². The molecule has 0 spiro atoms. The molecular formula is C34H56O4Si. The fraction of sp³-hybridized carbons (Fsp3) is 0.735. The van der Waals surface area contributed by atoms with E-state index in [-0.39, 0.29) is 33.3 Å².